The van der Waals surface area contributed by atoms with Gasteiger partial charge >= 0.3 is 0 Å². The first-order chi connectivity index (χ1) is 10.3. The largest absolute Gasteiger partial charge is 0.371 e. The zero-order valence-electron chi connectivity index (χ0n) is 13.2. The highest BCUT2D eigenvalue weighted by molar-refractivity contribution is 5.18. The molecule has 0 saturated carbocycles. The second kappa shape index (κ2) is 7.39. The van der Waals surface area contributed by atoms with E-state index in [-0.39, 0.29) is 6.10 Å². The third-order valence-electron chi connectivity index (χ3n) is 4.89. The predicted octanol–water partition coefficient (Wildman–Crippen LogP) is 2.93. The maximum atomic E-state index is 6.04. The molecule has 2 aliphatic rings. The third kappa shape index (κ3) is 4.06. The lowest BCUT2D eigenvalue weighted by atomic mass is 10.1. The minimum absolute atomic E-state index is 0.240. The Labute approximate surface area is 128 Å². The van der Waals surface area contributed by atoms with Gasteiger partial charge in [-0.15, -0.1) is 0 Å². The van der Waals surface area contributed by atoms with Gasteiger partial charge in [0.1, 0.15) is 0 Å². The zero-order chi connectivity index (χ0) is 14.5. The summed E-state index contributed by atoms with van der Waals surface area (Å²) >= 11 is 0. The molecular weight excluding hydrogens is 260 g/mol. The van der Waals surface area contributed by atoms with Crippen LogP contribution in [0, 0.1) is 0 Å². The Hall–Kier alpha value is -0.900. The van der Waals surface area contributed by atoms with Crippen molar-refractivity contribution in [3.63, 3.8) is 0 Å². The molecule has 0 amide bonds. The Morgan fingerprint density at radius 1 is 1.05 bits per heavy atom. The Kier molecular flexibility index (Phi) is 5.28. The van der Waals surface area contributed by atoms with Crippen LogP contribution < -0.4 is 0 Å². The first kappa shape index (κ1) is 15.0. The molecule has 2 atom stereocenters. The zero-order valence-corrected chi connectivity index (χ0v) is 13.2. The van der Waals surface area contributed by atoms with Gasteiger partial charge in [-0.1, -0.05) is 36.8 Å². The van der Waals surface area contributed by atoms with Crippen LogP contribution in [0.2, 0.25) is 0 Å². The van der Waals surface area contributed by atoms with E-state index < -0.39 is 0 Å². The molecule has 116 valence electrons. The second-order valence-corrected chi connectivity index (χ2v) is 6.48. The van der Waals surface area contributed by atoms with Crippen LogP contribution >= 0.6 is 0 Å². The molecule has 3 heteroatoms. The number of hydrogen-bond acceptors (Lipinski definition) is 3. The van der Waals surface area contributed by atoms with Gasteiger partial charge in [0.2, 0.25) is 0 Å². The number of hydrogen-bond donors (Lipinski definition) is 0. The summed E-state index contributed by atoms with van der Waals surface area (Å²) < 4.78 is 6.04. The van der Waals surface area contributed by atoms with Crippen LogP contribution in [0.25, 0.3) is 0 Å². The fourth-order valence-corrected chi connectivity index (χ4v) is 3.44. The smallest absolute Gasteiger partial charge is 0.0952 e. The van der Waals surface area contributed by atoms with Crippen LogP contribution in [0.15, 0.2) is 30.3 Å². The summed E-state index contributed by atoms with van der Waals surface area (Å²) in [6.07, 6.45) is 4.42. The van der Waals surface area contributed by atoms with E-state index in [9.17, 15) is 0 Å². The van der Waals surface area contributed by atoms with Crippen LogP contribution in [0.4, 0.5) is 0 Å². The second-order valence-electron chi connectivity index (χ2n) is 6.48. The summed E-state index contributed by atoms with van der Waals surface area (Å²) in [5, 5.41) is 0. The maximum absolute atomic E-state index is 6.04. The molecule has 3 nitrogen and oxygen atoms in total. The molecule has 0 bridgehead atoms. The number of benzene rings is 1. The van der Waals surface area contributed by atoms with E-state index in [2.05, 4.69) is 47.1 Å². The van der Waals surface area contributed by atoms with Crippen molar-refractivity contribution in [3.05, 3.63) is 35.9 Å². The molecule has 0 radical (unpaired) electrons. The summed E-state index contributed by atoms with van der Waals surface area (Å²) in [5.41, 5.74) is 1.31. The summed E-state index contributed by atoms with van der Waals surface area (Å²) in [4.78, 5) is 5.24. The van der Waals surface area contributed by atoms with Gasteiger partial charge in [-0.05, 0) is 38.4 Å². The molecular formula is C18H28N2O. The van der Waals surface area contributed by atoms with Crippen molar-refractivity contribution in [3.8, 4) is 0 Å². The highest BCUT2D eigenvalue weighted by Crippen LogP contribution is 2.24. The van der Waals surface area contributed by atoms with Crippen LogP contribution in [0.3, 0.4) is 0 Å². The van der Waals surface area contributed by atoms with Crippen LogP contribution in [0.5, 0.6) is 0 Å². The lowest BCUT2D eigenvalue weighted by Crippen LogP contribution is -2.48. The lowest BCUT2D eigenvalue weighted by Gasteiger charge is -2.39. The van der Waals surface area contributed by atoms with Crippen molar-refractivity contribution in [1.29, 1.82) is 0 Å². The van der Waals surface area contributed by atoms with Gasteiger partial charge in [0.15, 0.2) is 0 Å². The number of rotatable bonds is 4. The monoisotopic (exact) mass is 288 g/mol. The Bertz CT molecular complexity index is 416. The number of likely N-dealkylation sites (tertiary alicyclic amines) is 1. The average molecular weight is 288 g/mol. The van der Waals surface area contributed by atoms with Gasteiger partial charge in [0.25, 0.3) is 0 Å². The van der Waals surface area contributed by atoms with Crippen LogP contribution in [-0.2, 0) is 4.74 Å². The van der Waals surface area contributed by atoms with E-state index >= 15 is 0 Å². The number of piperidine rings is 1. The summed E-state index contributed by atoms with van der Waals surface area (Å²) in [7, 11) is 0. The summed E-state index contributed by atoms with van der Waals surface area (Å²) in [6.45, 7) is 9.14. The molecule has 0 unspecified atom stereocenters. The van der Waals surface area contributed by atoms with E-state index in [0.717, 1.165) is 13.2 Å². The van der Waals surface area contributed by atoms with E-state index in [1.807, 2.05) is 0 Å². The van der Waals surface area contributed by atoms with Crippen molar-refractivity contribution >= 4 is 0 Å². The molecule has 2 heterocycles. The predicted molar refractivity (Wildman–Crippen MR) is 86.5 cm³/mol. The topological polar surface area (TPSA) is 15.7 Å². The molecule has 2 saturated heterocycles. The van der Waals surface area contributed by atoms with Gasteiger partial charge in [0.05, 0.1) is 12.7 Å². The van der Waals surface area contributed by atoms with Gasteiger partial charge in [-0.2, -0.15) is 0 Å². The lowest BCUT2D eigenvalue weighted by molar-refractivity contribution is -0.0622. The Morgan fingerprint density at radius 3 is 2.57 bits per heavy atom. The third-order valence-corrected chi connectivity index (χ3v) is 4.89. The fourth-order valence-electron chi connectivity index (χ4n) is 3.44. The first-order valence-corrected chi connectivity index (χ1v) is 8.46. The number of morpholine rings is 1. The minimum Gasteiger partial charge on any atom is -0.371 e. The van der Waals surface area contributed by atoms with Crippen molar-refractivity contribution < 1.29 is 4.74 Å². The summed E-state index contributed by atoms with van der Waals surface area (Å²) in [6, 6.07) is 11.2. The van der Waals surface area contributed by atoms with E-state index in [4.69, 9.17) is 4.74 Å². The molecule has 2 aliphatic heterocycles. The maximum Gasteiger partial charge on any atom is 0.0952 e. The molecule has 2 fully saturated rings. The molecule has 21 heavy (non-hydrogen) atoms. The number of nitrogens with zero attached hydrogens (tertiary/aromatic N) is 2. The first-order valence-electron chi connectivity index (χ1n) is 8.46. The molecule has 0 spiro atoms. The fraction of sp³-hybridized carbons (Fsp3) is 0.667. The van der Waals surface area contributed by atoms with Gasteiger partial charge in [0, 0.05) is 25.7 Å². The standard InChI is InChI=1S/C18H28N2O/c1-16-15-21-18(17-8-4-2-5-9-17)14-20(16)13-12-19-10-6-3-7-11-19/h2,4-5,8-9,16,18H,3,6-7,10-15H2,1H3/t16-,18+/m1/s1. The Balaban J connectivity index is 1.53. The molecule has 0 aromatic heterocycles. The number of ether oxygens (including phenoxy) is 1. The van der Waals surface area contributed by atoms with E-state index in [1.54, 1.807) is 0 Å². The molecule has 1 aromatic rings. The van der Waals surface area contributed by atoms with Gasteiger partial charge < -0.3 is 9.64 Å². The minimum atomic E-state index is 0.240. The van der Waals surface area contributed by atoms with E-state index in [0.29, 0.717) is 6.04 Å². The quantitative estimate of drug-likeness (QED) is 0.847. The van der Waals surface area contributed by atoms with Crippen molar-refractivity contribution in [2.45, 2.75) is 38.3 Å². The molecule has 0 aliphatic carbocycles. The van der Waals surface area contributed by atoms with Crippen LogP contribution in [-0.4, -0.2) is 55.2 Å². The van der Waals surface area contributed by atoms with Crippen molar-refractivity contribution in [2.75, 3.05) is 39.3 Å². The van der Waals surface area contributed by atoms with Crippen molar-refractivity contribution in [2.24, 2.45) is 0 Å². The molecule has 1 aromatic carbocycles. The van der Waals surface area contributed by atoms with E-state index in [1.165, 1.54) is 51.0 Å². The van der Waals surface area contributed by atoms with Crippen LogP contribution in [0.1, 0.15) is 37.9 Å². The molecule has 0 N–H and O–H groups in total. The normalized spacial score (nSPS) is 28.6. The SMILES string of the molecule is C[C@@H]1CO[C@H](c2ccccc2)CN1CCN1CCCCC1. The Morgan fingerprint density at radius 2 is 1.81 bits per heavy atom. The highest BCUT2D eigenvalue weighted by atomic mass is 16.5. The van der Waals surface area contributed by atoms with Gasteiger partial charge in [-0.3, -0.25) is 4.90 Å². The molecule has 3 rings (SSSR count). The van der Waals surface area contributed by atoms with Gasteiger partial charge in [-0.25, -0.2) is 0 Å². The average Bonchev–Trinajstić information content (AvgIpc) is 2.56. The highest BCUT2D eigenvalue weighted by Gasteiger charge is 2.27. The summed E-state index contributed by atoms with van der Waals surface area (Å²) in [5.74, 6) is 0. The van der Waals surface area contributed by atoms with Crippen molar-refractivity contribution in [1.82, 2.24) is 9.80 Å².